The van der Waals surface area contributed by atoms with E-state index in [-0.39, 0.29) is 0 Å². The number of rotatable bonds is 6. The van der Waals surface area contributed by atoms with Gasteiger partial charge in [-0.25, -0.2) is 0 Å². The van der Waals surface area contributed by atoms with Gasteiger partial charge in [0.05, 0.1) is 25.5 Å². The first-order valence-electron chi connectivity index (χ1n) is 6.70. The highest BCUT2D eigenvalue weighted by Crippen LogP contribution is 2.39. The maximum absolute atomic E-state index is 5.53. The number of thioether (sulfide) groups is 1. The summed E-state index contributed by atoms with van der Waals surface area (Å²) in [6, 6.07) is 14.0. The van der Waals surface area contributed by atoms with Crippen molar-refractivity contribution >= 4 is 28.2 Å². The first kappa shape index (κ1) is 16.6. The van der Waals surface area contributed by atoms with Crippen molar-refractivity contribution in [3.8, 4) is 17.2 Å². The van der Waals surface area contributed by atoms with E-state index in [0.717, 1.165) is 15.5 Å². The summed E-state index contributed by atoms with van der Waals surface area (Å²) in [5, 5.41) is 0. The van der Waals surface area contributed by atoms with Crippen molar-refractivity contribution in [2.45, 2.75) is 5.75 Å². The molecule has 0 N–H and O–H groups in total. The van der Waals surface area contributed by atoms with E-state index in [1.165, 1.54) is 5.56 Å². The molecule has 3 nitrogen and oxygen atoms in total. The van der Waals surface area contributed by atoms with Crippen LogP contribution < -0.4 is 14.2 Å². The first-order chi connectivity index (χ1) is 10.7. The van der Waals surface area contributed by atoms with Gasteiger partial charge < -0.3 is 14.2 Å². The molecule has 2 aromatic rings. The maximum atomic E-state index is 5.53. The molecule has 0 atom stereocenters. The van der Waals surface area contributed by atoms with Gasteiger partial charge in [0.2, 0.25) is 5.75 Å². The minimum atomic E-state index is 0.574. The Bertz CT molecular complexity index is 617. The van der Waals surface area contributed by atoms with Gasteiger partial charge in [-0.05, 0) is 17.7 Å². The summed E-state index contributed by atoms with van der Waals surface area (Å²) in [6.45, 7) is 0. The Hall–Kier alpha value is -1.72. The van der Waals surface area contributed by atoms with Gasteiger partial charge in [0.15, 0.2) is 11.5 Å². The number of thiocarbonyl (C=S) groups is 1. The quantitative estimate of drug-likeness (QED) is 0.734. The summed E-state index contributed by atoms with van der Waals surface area (Å²) < 4.78 is 16.8. The number of benzene rings is 2. The van der Waals surface area contributed by atoms with Crippen LogP contribution in [0.3, 0.4) is 0 Å². The highest BCUT2D eigenvalue weighted by atomic mass is 32.2. The lowest BCUT2D eigenvalue weighted by atomic mass is 10.2. The van der Waals surface area contributed by atoms with E-state index in [9.17, 15) is 0 Å². The molecule has 0 aliphatic rings. The molecule has 0 saturated heterocycles. The zero-order valence-corrected chi connectivity index (χ0v) is 14.4. The van der Waals surface area contributed by atoms with E-state index in [2.05, 4.69) is 12.1 Å². The van der Waals surface area contributed by atoms with Crippen LogP contribution in [0, 0.1) is 0 Å². The molecule has 0 radical (unpaired) electrons. The van der Waals surface area contributed by atoms with Crippen LogP contribution >= 0.6 is 24.0 Å². The molecule has 0 amide bonds. The molecule has 2 rings (SSSR count). The van der Waals surface area contributed by atoms with E-state index in [1.807, 2.05) is 30.3 Å². The van der Waals surface area contributed by atoms with E-state index in [0.29, 0.717) is 17.2 Å². The minimum absolute atomic E-state index is 0.574. The fraction of sp³-hybridized carbons (Fsp3) is 0.235. The van der Waals surface area contributed by atoms with Gasteiger partial charge in [0.25, 0.3) is 0 Å². The molecule has 0 unspecified atom stereocenters. The second-order valence-electron chi connectivity index (χ2n) is 4.48. The number of ether oxygens (including phenoxy) is 3. The Labute approximate surface area is 140 Å². The van der Waals surface area contributed by atoms with E-state index < -0.39 is 0 Å². The summed E-state index contributed by atoms with van der Waals surface area (Å²) in [5.74, 6) is 2.62. The van der Waals surface area contributed by atoms with Crippen molar-refractivity contribution in [3.63, 3.8) is 0 Å². The molecule has 5 heteroatoms. The van der Waals surface area contributed by atoms with Crippen LogP contribution in [0.1, 0.15) is 11.1 Å². The van der Waals surface area contributed by atoms with Crippen LogP contribution in [-0.2, 0) is 5.75 Å². The lowest BCUT2D eigenvalue weighted by Gasteiger charge is -2.14. The first-order valence-corrected chi connectivity index (χ1v) is 8.10. The van der Waals surface area contributed by atoms with Crippen LogP contribution in [0.25, 0.3) is 0 Å². The van der Waals surface area contributed by atoms with Crippen LogP contribution in [0.5, 0.6) is 17.2 Å². The zero-order chi connectivity index (χ0) is 15.9. The molecule has 2 aromatic carbocycles. The van der Waals surface area contributed by atoms with Gasteiger partial charge in [-0.1, -0.05) is 42.5 Å². The fourth-order valence-electron chi connectivity index (χ4n) is 2.01. The summed E-state index contributed by atoms with van der Waals surface area (Å²) in [4.78, 5) is 0. The number of methoxy groups -OCH3 is 3. The Balaban J connectivity index is 2.19. The van der Waals surface area contributed by atoms with Gasteiger partial charge in [-0.2, -0.15) is 0 Å². The molecule has 0 aliphatic heterocycles. The maximum Gasteiger partial charge on any atom is 0.203 e. The number of hydrogen-bond acceptors (Lipinski definition) is 5. The third-order valence-electron chi connectivity index (χ3n) is 3.11. The third-order valence-corrected chi connectivity index (χ3v) is 4.68. The van der Waals surface area contributed by atoms with Gasteiger partial charge >= 0.3 is 0 Å². The highest BCUT2D eigenvalue weighted by Gasteiger charge is 2.15. The summed E-state index contributed by atoms with van der Waals surface area (Å²) in [6.07, 6.45) is 0. The average molecular weight is 334 g/mol. The molecule has 0 fully saturated rings. The molecular formula is C17H18O3S2. The van der Waals surface area contributed by atoms with Crippen LogP contribution in [-0.4, -0.2) is 25.5 Å². The SMILES string of the molecule is COc1cc(C(=S)SCc2ccccc2)cc(OC)c1OC. The van der Waals surface area contributed by atoms with Crippen LogP contribution in [0.15, 0.2) is 42.5 Å². The van der Waals surface area contributed by atoms with Crippen molar-refractivity contribution in [2.24, 2.45) is 0 Å². The van der Waals surface area contributed by atoms with E-state index in [4.69, 9.17) is 26.4 Å². The van der Waals surface area contributed by atoms with Crippen LogP contribution in [0.2, 0.25) is 0 Å². The van der Waals surface area contributed by atoms with Crippen molar-refractivity contribution in [3.05, 3.63) is 53.6 Å². The standard InChI is InChI=1S/C17H18O3S2/c1-18-14-9-13(10-15(19-2)16(14)20-3)17(21)22-11-12-7-5-4-6-8-12/h4-10H,11H2,1-3H3. The molecule has 22 heavy (non-hydrogen) atoms. The average Bonchev–Trinajstić information content (AvgIpc) is 2.59. The molecule has 0 aromatic heterocycles. The largest absolute Gasteiger partial charge is 0.493 e. The van der Waals surface area contributed by atoms with E-state index in [1.54, 1.807) is 33.1 Å². The fourth-order valence-corrected chi connectivity index (χ4v) is 3.07. The van der Waals surface area contributed by atoms with Crippen molar-refractivity contribution in [1.29, 1.82) is 0 Å². The summed E-state index contributed by atoms with van der Waals surface area (Å²) in [7, 11) is 4.78. The summed E-state index contributed by atoms with van der Waals surface area (Å²) in [5.41, 5.74) is 2.13. The lowest BCUT2D eigenvalue weighted by Crippen LogP contribution is -1.99. The van der Waals surface area contributed by atoms with Crippen LogP contribution in [0.4, 0.5) is 0 Å². The predicted molar refractivity (Wildman–Crippen MR) is 95.5 cm³/mol. The highest BCUT2D eigenvalue weighted by molar-refractivity contribution is 8.23. The van der Waals surface area contributed by atoms with E-state index >= 15 is 0 Å². The predicted octanol–water partition coefficient (Wildman–Crippen LogP) is 4.32. The molecule has 0 aliphatic carbocycles. The molecule has 0 bridgehead atoms. The Morgan fingerprint density at radius 3 is 2.05 bits per heavy atom. The van der Waals surface area contributed by atoms with Crippen molar-refractivity contribution in [2.75, 3.05) is 21.3 Å². The second kappa shape index (κ2) is 8.06. The lowest BCUT2D eigenvalue weighted by molar-refractivity contribution is 0.324. The Kier molecular flexibility index (Phi) is 6.10. The normalized spacial score (nSPS) is 10.1. The molecule has 116 valence electrons. The van der Waals surface area contributed by atoms with Gasteiger partial charge in [-0.15, -0.1) is 11.8 Å². The second-order valence-corrected chi connectivity index (χ2v) is 6.13. The zero-order valence-electron chi connectivity index (χ0n) is 12.8. The number of hydrogen-bond donors (Lipinski definition) is 0. The molecular weight excluding hydrogens is 316 g/mol. The Morgan fingerprint density at radius 2 is 1.55 bits per heavy atom. The minimum Gasteiger partial charge on any atom is -0.493 e. The smallest absolute Gasteiger partial charge is 0.203 e. The topological polar surface area (TPSA) is 27.7 Å². The van der Waals surface area contributed by atoms with Crippen molar-refractivity contribution in [1.82, 2.24) is 0 Å². The van der Waals surface area contributed by atoms with Crippen molar-refractivity contribution < 1.29 is 14.2 Å². The monoisotopic (exact) mass is 334 g/mol. The van der Waals surface area contributed by atoms with Gasteiger partial charge in [0.1, 0.15) is 0 Å². The van der Waals surface area contributed by atoms with Gasteiger partial charge in [0, 0.05) is 11.3 Å². The van der Waals surface area contributed by atoms with Gasteiger partial charge in [-0.3, -0.25) is 0 Å². The molecule has 0 spiro atoms. The third kappa shape index (κ3) is 3.93. The summed E-state index contributed by atoms with van der Waals surface area (Å²) >= 11 is 7.14. The molecule has 0 heterocycles. The molecule has 0 saturated carbocycles. The Morgan fingerprint density at radius 1 is 0.955 bits per heavy atom.